The molecule has 0 bridgehead atoms. The molecule has 0 aromatic heterocycles. The van der Waals surface area contributed by atoms with E-state index < -0.39 is 29.9 Å². The summed E-state index contributed by atoms with van der Waals surface area (Å²) in [7, 11) is 0. The van der Waals surface area contributed by atoms with Crippen LogP contribution in [-0.2, 0) is 0 Å². The van der Waals surface area contributed by atoms with Crippen LogP contribution in [-0.4, -0.2) is 11.4 Å². The summed E-state index contributed by atoms with van der Waals surface area (Å²) < 4.78 is 0. The van der Waals surface area contributed by atoms with Crippen LogP contribution in [0.4, 0.5) is 11.4 Å². The number of hydrogen-bond donors (Lipinski definition) is 0. The monoisotopic (exact) mass is 511 g/mol. The van der Waals surface area contributed by atoms with Gasteiger partial charge in [0.25, 0.3) is 0 Å². The van der Waals surface area contributed by atoms with Crippen LogP contribution in [0.3, 0.4) is 0 Å². The normalized spacial score (nSPS) is 11.6. The predicted molar refractivity (Wildman–Crippen MR) is 105 cm³/mol. The van der Waals surface area contributed by atoms with Gasteiger partial charge in [0.15, 0.2) is 0 Å². The van der Waals surface area contributed by atoms with Crippen LogP contribution in [0.2, 0.25) is 0 Å². The first kappa shape index (κ1) is 22.0. The molecule has 0 spiro atoms. The summed E-state index contributed by atoms with van der Waals surface area (Å²) in [4.78, 5) is 9.34. The fraction of sp³-hybridized carbons (Fsp3) is 0.222. The molecule has 0 atom stereocenters. The molecule has 0 saturated carbocycles. The fourth-order valence-corrected chi connectivity index (χ4v) is 1.90. The molecular weight excluding hydrogens is 495 g/mol. The molecule has 0 heterocycles. The number of benzene rings is 2. The third-order valence-corrected chi connectivity index (χ3v) is 3.33. The number of aryl methyl sites for hydroxylation is 2. The van der Waals surface area contributed by atoms with Crippen molar-refractivity contribution in [3.05, 3.63) is 59.7 Å². The number of para-hydroxylation sites is 2. The average molecular weight is 515 g/mol. The van der Waals surface area contributed by atoms with E-state index in [1.807, 2.05) is 50.2 Å². The van der Waals surface area contributed by atoms with Gasteiger partial charge in [0.1, 0.15) is 0 Å². The summed E-state index contributed by atoms with van der Waals surface area (Å²) in [5, 5.41) is 0. The van der Waals surface area contributed by atoms with Crippen molar-refractivity contribution in [1.29, 1.82) is 0 Å². The van der Waals surface area contributed by atoms with Gasteiger partial charge in [-0.25, -0.2) is 0 Å². The van der Waals surface area contributed by atoms with Gasteiger partial charge in [-0.1, -0.05) is 36.4 Å². The molecule has 0 amide bonds. The Hall–Kier alpha value is 0.000649. The quantitative estimate of drug-likeness (QED) is 0.385. The molecule has 24 heavy (non-hydrogen) atoms. The standard InChI is InChI=1S/C18H20N2.3ClH.Nd/c1-13-9-5-7-11-17(13)19-15(3)16(4)20-18-12-8-6-10-14(18)2;;;;/h5-12H,1-4H3;3*1H;/q;;;;+3/p-3. The first-order valence-corrected chi connectivity index (χ1v) is 19.4. The number of halogens is 3. The number of rotatable bonds is 3. The van der Waals surface area contributed by atoms with Gasteiger partial charge in [0, 0.05) is 0 Å². The van der Waals surface area contributed by atoms with Gasteiger partial charge < -0.3 is 0 Å². The van der Waals surface area contributed by atoms with Crippen LogP contribution >= 0.6 is 17.4 Å². The molecule has 0 unspecified atom stereocenters. The third-order valence-electron chi connectivity index (χ3n) is 3.33. The molecule has 0 fully saturated rings. The van der Waals surface area contributed by atoms with Crippen molar-refractivity contribution in [2.24, 2.45) is 9.98 Å². The minimum absolute atomic E-state index is 0.947. The summed E-state index contributed by atoms with van der Waals surface area (Å²) in [6.07, 6.45) is 0. The van der Waals surface area contributed by atoms with Gasteiger partial charge in [-0.05, 0) is 51.0 Å². The van der Waals surface area contributed by atoms with Crippen molar-refractivity contribution in [2.75, 3.05) is 0 Å². The van der Waals surface area contributed by atoms with Crippen molar-refractivity contribution < 1.29 is 29.9 Å². The maximum absolute atomic E-state index is 5.02. The Labute approximate surface area is 165 Å². The predicted octanol–water partition coefficient (Wildman–Crippen LogP) is 7.26. The maximum atomic E-state index is 5.02. The molecule has 0 aliphatic heterocycles. The first-order chi connectivity index (χ1) is 11.3. The summed E-state index contributed by atoms with van der Waals surface area (Å²) in [5.74, 6) is 15.1. The van der Waals surface area contributed by atoms with E-state index in [1.165, 1.54) is 11.1 Å². The Kier molecular flexibility index (Phi) is 10.6. The molecule has 0 aliphatic rings. The van der Waals surface area contributed by atoms with Crippen molar-refractivity contribution in [1.82, 2.24) is 0 Å². The molecular formula is C18H20Cl3N2Nd. The zero-order valence-electron chi connectivity index (χ0n) is 14.1. The molecule has 2 rings (SSSR count). The van der Waals surface area contributed by atoms with Gasteiger partial charge in [-0.15, -0.1) is 0 Å². The van der Waals surface area contributed by atoms with Crippen LogP contribution < -0.4 is 0 Å². The van der Waals surface area contributed by atoms with Crippen LogP contribution in [0, 0.1) is 43.8 Å². The van der Waals surface area contributed by atoms with E-state index in [2.05, 4.69) is 36.0 Å². The van der Waals surface area contributed by atoms with E-state index in [-0.39, 0.29) is 0 Å². The summed E-state index contributed by atoms with van der Waals surface area (Å²) in [5.41, 5.74) is 6.25. The topological polar surface area (TPSA) is 24.7 Å². The van der Waals surface area contributed by atoms with Gasteiger partial charge in [-0.2, -0.15) is 0 Å². The Morgan fingerprint density at radius 1 is 0.708 bits per heavy atom. The molecule has 0 saturated heterocycles. The molecule has 0 radical (unpaired) electrons. The second-order valence-electron chi connectivity index (χ2n) is 5.18. The van der Waals surface area contributed by atoms with E-state index >= 15 is 0 Å². The van der Waals surface area contributed by atoms with Crippen molar-refractivity contribution >= 4 is 40.2 Å². The van der Waals surface area contributed by atoms with Crippen molar-refractivity contribution in [3.8, 4) is 0 Å². The number of hydrogen-bond acceptors (Lipinski definition) is 2. The Balaban J connectivity index is 0.000000648. The molecule has 2 nitrogen and oxygen atoms in total. The van der Waals surface area contributed by atoms with Crippen molar-refractivity contribution in [3.63, 3.8) is 0 Å². The zero-order chi connectivity index (χ0) is 18.1. The zero-order valence-corrected chi connectivity index (χ0v) is 19.6. The number of nitrogens with zero attached hydrogens (tertiary/aromatic N) is 2. The molecule has 6 heteroatoms. The molecule has 2 aromatic carbocycles. The van der Waals surface area contributed by atoms with Crippen LogP contribution in [0.25, 0.3) is 0 Å². The van der Waals surface area contributed by atoms with Crippen LogP contribution in [0.5, 0.6) is 0 Å². The van der Waals surface area contributed by atoms with E-state index in [1.54, 1.807) is 0 Å². The van der Waals surface area contributed by atoms with E-state index in [0.29, 0.717) is 0 Å². The first-order valence-electron chi connectivity index (χ1n) is 7.37. The Morgan fingerprint density at radius 2 is 1.00 bits per heavy atom. The molecule has 0 aliphatic carbocycles. The molecule has 127 valence electrons. The van der Waals surface area contributed by atoms with E-state index in [4.69, 9.17) is 17.4 Å². The molecule has 0 N–H and O–H groups in total. The van der Waals surface area contributed by atoms with Gasteiger partial charge in [0.05, 0.1) is 22.8 Å². The molecule has 2 aromatic rings. The average Bonchev–Trinajstić information content (AvgIpc) is 2.51. The van der Waals surface area contributed by atoms with Crippen molar-refractivity contribution in [2.45, 2.75) is 27.7 Å². The van der Waals surface area contributed by atoms with Gasteiger partial charge >= 0.3 is 47.3 Å². The SMILES string of the molecule is CC(=Nc1ccccc1C)C(C)=Nc1ccccc1C.[Cl][Nd]([Cl])[Cl]. The van der Waals surface area contributed by atoms with Gasteiger partial charge in [0.2, 0.25) is 0 Å². The summed E-state index contributed by atoms with van der Waals surface area (Å²) in [6.45, 7) is 8.15. The third kappa shape index (κ3) is 8.39. The van der Waals surface area contributed by atoms with Gasteiger partial charge in [-0.3, -0.25) is 9.98 Å². The van der Waals surface area contributed by atoms with Crippen LogP contribution in [0.15, 0.2) is 58.5 Å². The fourth-order valence-electron chi connectivity index (χ4n) is 1.90. The second kappa shape index (κ2) is 11.6. The summed E-state index contributed by atoms with van der Waals surface area (Å²) in [6, 6.07) is 16.3. The Bertz CT molecular complexity index is 665. The second-order valence-corrected chi connectivity index (χ2v) is 19.3. The minimum atomic E-state index is -2.24. The number of aliphatic imine (C=N–C) groups is 2. The van der Waals surface area contributed by atoms with Crippen LogP contribution in [0.1, 0.15) is 25.0 Å². The summed E-state index contributed by atoms with van der Waals surface area (Å²) >= 11 is -2.24. The van der Waals surface area contributed by atoms with E-state index in [9.17, 15) is 0 Å². The van der Waals surface area contributed by atoms with E-state index in [0.717, 1.165) is 22.8 Å². The Morgan fingerprint density at radius 3 is 1.29 bits per heavy atom.